The second kappa shape index (κ2) is 8.21. The third kappa shape index (κ3) is 5.65. The molecule has 0 saturated carbocycles. The van der Waals surface area contributed by atoms with Gasteiger partial charge in [-0.05, 0) is 44.0 Å². The highest BCUT2D eigenvalue weighted by Gasteiger charge is 2.10. The largest absolute Gasteiger partial charge is 0.384 e. The molecule has 0 radical (unpaired) electrons. The minimum atomic E-state index is -0.286. The number of aliphatic hydroxyl groups is 1. The molecule has 4 heteroatoms. The van der Waals surface area contributed by atoms with Gasteiger partial charge in [0.05, 0.1) is 0 Å². The van der Waals surface area contributed by atoms with Crippen LogP contribution in [0.1, 0.15) is 18.1 Å². The number of hydrogen-bond donors (Lipinski definition) is 1. The van der Waals surface area contributed by atoms with Gasteiger partial charge in [-0.2, -0.15) is 11.8 Å². The number of hydrogen-bond acceptors (Lipinski definition) is 3. The molecular formula is C15H20FNOS. The van der Waals surface area contributed by atoms with Crippen LogP contribution in [0.25, 0.3) is 0 Å². The van der Waals surface area contributed by atoms with Crippen LogP contribution < -0.4 is 0 Å². The van der Waals surface area contributed by atoms with Gasteiger partial charge in [0, 0.05) is 23.9 Å². The van der Waals surface area contributed by atoms with Crippen LogP contribution in [-0.2, 0) is 6.54 Å². The van der Waals surface area contributed by atoms with Crippen molar-refractivity contribution in [1.29, 1.82) is 0 Å². The smallest absolute Gasteiger partial charge is 0.124 e. The predicted octanol–water partition coefficient (Wildman–Crippen LogP) is 2.35. The van der Waals surface area contributed by atoms with Crippen molar-refractivity contribution in [3.8, 4) is 11.8 Å². The van der Waals surface area contributed by atoms with E-state index >= 15 is 0 Å². The van der Waals surface area contributed by atoms with E-state index in [-0.39, 0.29) is 12.4 Å². The molecule has 0 aromatic heterocycles. The summed E-state index contributed by atoms with van der Waals surface area (Å²) in [5, 5.41) is 8.67. The second-order valence-corrected chi connectivity index (χ2v) is 5.44. The molecule has 1 aromatic carbocycles. The molecule has 1 rings (SSSR count). The lowest BCUT2D eigenvalue weighted by molar-refractivity contribution is 0.269. The molecule has 0 aliphatic heterocycles. The Morgan fingerprint density at radius 1 is 1.42 bits per heavy atom. The fraction of sp³-hybridized carbons (Fsp3) is 0.467. The summed E-state index contributed by atoms with van der Waals surface area (Å²) in [5.41, 5.74) is 1.51. The van der Waals surface area contributed by atoms with Gasteiger partial charge in [0.2, 0.25) is 0 Å². The first-order chi connectivity index (χ1) is 9.06. The number of aliphatic hydroxyl groups excluding tert-OH is 1. The SMILES string of the molecule is CSCC(C)N(C)Cc1cc(F)cc(C#CCO)c1. The van der Waals surface area contributed by atoms with E-state index in [4.69, 9.17) is 5.11 Å². The Labute approximate surface area is 119 Å². The summed E-state index contributed by atoms with van der Waals surface area (Å²) in [6, 6.07) is 5.23. The van der Waals surface area contributed by atoms with E-state index in [2.05, 4.69) is 29.9 Å². The second-order valence-electron chi connectivity index (χ2n) is 4.53. The molecule has 1 aromatic rings. The van der Waals surface area contributed by atoms with Crippen molar-refractivity contribution in [3.63, 3.8) is 0 Å². The molecule has 104 valence electrons. The average Bonchev–Trinajstić information content (AvgIpc) is 2.36. The Morgan fingerprint density at radius 3 is 2.79 bits per heavy atom. The molecule has 0 aliphatic carbocycles. The molecule has 0 saturated heterocycles. The molecule has 1 atom stereocenters. The Kier molecular flexibility index (Phi) is 6.93. The van der Waals surface area contributed by atoms with Crippen LogP contribution in [0.4, 0.5) is 4.39 Å². The molecule has 0 amide bonds. The maximum absolute atomic E-state index is 13.5. The monoisotopic (exact) mass is 281 g/mol. The van der Waals surface area contributed by atoms with Crippen LogP contribution in [-0.4, -0.2) is 41.7 Å². The zero-order valence-electron chi connectivity index (χ0n) is 11.6. The van der Waals surface area contributed by atoms with Gasteiger partial charge in [-0.1, -0.05) is 11.8 Å². The first-order valence-electron chi connectivity index (χ1n) is 6.15. The third-order valence-electron chi connectivity index (χ3n) is 2.86. The van der Waals surface area contributed by atoms with Crippen LogP contribution in [0.15, 0.2) is 18.2 Å². The third-order valence-corrected chi connectivity index (χ3v) is 3.68. The van der Waals surface area contributed by atoms with E-state index in [9.17, 15) is 4.39 Å². The topological polar surface area (TPSA) is 23.5 Å². The summed E-state index contributed by atoms with van der Waals surface area (Å²) >= 11 is 1.80. The molecule has 19 heavy (non-hydrogen) atoms. The van der Waals surface area contributed by atoms with Crippen molar-refractivity contribution in [2.45, 2.75) is 19.5 Å². The zero-order chi connectivity index (χ0) is 14.3. The minimum absolute atomic E-state index is 0.212. The highest BCUT2D eigenvalue weighted by atomic mass is 32.2. The first-order valence-corrected chi connectivity index (χ1v) is 7.54. The van der Waals surface area contributed by atoms with E-state index in [0.29, 0.717) is 18.2 Å². The molecule has 1 N–H and O–H groups in total. The fourth-order valence-corrected chi connectivity index (χ4v) is 2.50. The van der Waals surface area contributed by atoms with Gasteiger partial charge in [0.25, 0.3) is 0 Å². The van der Waals surface area contributed by atoms with Crippen molar-refractivity contribution >= 4 is 11.8 Å². The highest BCUT2D eigenvalue weighted by molar-refractivity contribution is 7.98. The van der Waals surface area contributed by atoms with Gasteiger partial charge in [-0.25, -0.2) is 4.39 Å². The van der Waals surface area contributed by atoms with E-state index in [1.54, 1.807) is 11.8 Å². The van der Waals surface area contributed by atoms with Crippen LogP contribution in [0.5, 0.6) is 0 Å². The van der Waals surface area contributed by atoms with Crippen molar-refractivity contribution in [2.24, 2.45) is 0 Å². The standard InChI is InChI=1S/C15H20FNOS/c1-12(11-19-3)17(2)10-14-7-13(5-4-6-18)8-15(16)9-14/h7-9,12,18H,6,10-11H2,1-3H3. The Morgan fingerprint density at radius 2 is 2.16 bits per heavy atom. The summed E-state index contributed by atoms with van der Waals surface area (Å²) in [6.07, 6.45) is 2.08. The lowest BCUT2D eigenvalue weighted by Crippen LogP contribution is -2.30. The van der Waals surface area contributed by atoms with Crippen molar-refractivity contribution in [1.82, 2.24) is 4.90 Å². The number of nitrogens with zero attached hydrogens (tertiary/aromatic N) is 1. The molecule has 0 heterocycles. The first kappa shape index (κ1) is 16.0. The number of thioether (sulfide) groups is 1. The maximum Gasteiger partial charge on any atom is 0.124 e. The average molecular weight is 281 g/mol. The Bertz CT molecular complexity index is 467. The van der Waals surface area contributed by atoms with Crippen molar-refractivity contribution in [3.05, 3.63) is 35.1 Å². The maximum atomic E-state index is 13.5. The lowest BCUT2D eigenvalue weighted by Gasteiger charge is -2.24. The van der Waals surface area contributed by atoms with Gasteiger partial charge in [-0.3, -0.25) is 4.90 Å². The van der Waals surface area contributed by atoms with Crippen LogP contribution in [0.2, 0.25) is 0 Å². The fourth-order valence-electron chi connectivity index (χ4n) is 1.77. The number of rotatable bonds is 5. The normalized spacial score (nSPS) is 12.1. The van der Waals surface area contributed by atoms with Gasteiger partial charge >= 0.3 is 0 Å². The summed E-state index contributed by atoms with van der Waals surface area (Å²) in [5.74, 6) is 6.04. The Hall–Kier alpha value is -1.02. The number of benzene rings is 1. The van der Waals surface area contributed by atoms with E-state index in [0.717, 1.165) is 11.3 Å². The molecule has 0 fully saturated rings. The predicted molar refractivity (Wildman–Crippen MR) is 79.7 cm³/mol. The van der Waals surface area contributed by atoms with Gasteiger partial charge in [-0.15, -0.1) is 0 Å². The van der Waals surface area contributed by atoms with Gasteiger partial charge in [0.1, 0.15) is 12.4 Å². The number of halogens is 1. The van der Waals surface area contributed by atoms with Gasteiger partial charge < -0.3 is 5.11 Å². The molecule has 2 nitrogen and oxygen atoms in total. The van der Waals surface area contributed by atoms with Crippen LogP contribution >= 0.6 is 11.8 Å². The van der Waals surface area contributed by atoms with E-state index in [1.807, 2.05) is 13.1 Å². The molecule has 1 unspecified atom stereocenters. The summed E-state index contributed by atoms with van der Waals surface area (Å²) < 4.78 is 13.5. The quantitative estimate of drug-likeness (QED) is 0.838. The van der Waals surface area contributed by atoms with Crippen molar-refractivity contribution in [2.75, 3.05) is 25.7 Å². The minimum Gasteiger partial charge on any atom is -0.384 e. The highest BCUT2D eigenvalue weighted by Crippen LogP contribution is 2.13. The van der Waals surface area contributed by atoms with E-state index < -0.39 is 0 Å². The van der Waals surface area contributed by atoms with Gasteiger partial charge in [0.15, 0.2) is 0 Å². The summed E-state index contributed by atoms with van der Waals surface area (Å²) in [6.45, 7) is 2.63. The Balaban J connectivity index is 2.80. The van der Waals surface area contributed by atoms with Crippen molar-refractivity contribution < 1.29 is 9.50 Å². The molecule has 0 spiro atoms. The molecule has 0 bridgehead atoms. The van der Waals surface area contributed by atoms with E-state index in [1.165, 1.54) is 12.1 Å². The zero-order valence-corrected chi connectivity index (χ0v) is 12.4. The summed E-state index contributed by atoms with van der Waals surface area (Å²) in [4.78, 5) is 2.19. The summed E-state index contributed by atoms with van der Waals surface area (Å²) in [7, 11) is 2.03. The molecule has 0 aliphatic rings. The van der Waals surface area contributed by atoms with Crippen LogP contribution in [0, 0.1) is 17.7 Å². The molecular weight excluding hydrogens is 261 g/mol. The van der Waals surface area contributed by atoms with Crippen LogP contribution in [0.3, 0.4) is 0 Å². The lowest BCUT2D eigenvalue weighted by atomic mass is 10.1.